The highest BCUT2D eigenvalue weighted by Gasteiger charge is 2.29. The van der Waals surface area contributed by atoms with Gasteiger partial charge >= 0.3 is 6.18 Å². The predicted octanol–water partition coefficient (Wildman–Crippen LogP) is 2.19. The van der Waals surface area contributed by atoms with Gasteiger partial charge in [0.25, 0.3) is 0 Å². The number of halogens is 3. The van der Waals surface area contributed by atoms with Gasteiger partial charge in [-0.3, -0.25) is 4.79 Å². The SMILES string of the molecule is N#Cc1cc(NCC(=O)NC2CC2)ccc1OCC(F)(F)F. The lowest BCUT2D eigenvalue weighted by Gasteiger charge is -2.12. The molecule has 0 heterocycles. The smallest absolute Gasteiger partial charge is 0.422 e. The fraction of sp³-hybridized carbons (Fsp3) is 0.429. The average molecular weight is 313 g/mol. The Balaban J connectivity index is 1.92. The van der Waals surface area contributed by atoms with E-state index in [0.717, 1.165) is 12.8 Å². The van der Waals surface area contributed by atoms with Gasteiger partial charge in [0.15, 0.2) is 6.61 Å². The van der Waals surface area contributed by atoms with Crippen LogP contribution in [0.25, 0.3) is 0 Å². The molecule has 0 aromatic heterocycles. The van der Waals surface area contributed by atoms with Crippen molar-refractivity contribution in [1.29, 1.82) is 5.26 Å². The maximum atomic E-state index is 12.1. The summed E-state index contributed by atoms with van der Waals surface area (Å²) in [6, 6.07) is 6.09. The summed E-state index contributed by atoms with van der Waals surface area (Å²) in [4.78, 5) is 11.5. The molecule has 22 heavy (non-hydrogen) atoms. The molecule has 2 N–H and O–H groups in total. The quantitative estimate of drug-likeness (QED) is 0.844. The minimum atomic E-state index is -4.47. The van der Waals surface area contributed by atoms with Crippen molar-refractivity contribution in [3.8, 4) is 11.8 Å². The molecule has 1 aromatic carbocycles. The number of benzene rings is 1. The first-order valence-electron chi connectivity index (χ1n) is 6.64. The Morgan fingerprint density at radius 1 is 1.41 bits per heavy atom. The molecule has 1 saturated carbocycles. The molecule has 0 spiro atoms. The number of nitrogens with one attached hydrogen (secondary N) is 2. The maximum absolute atomic E-state index is 12.1. The second-order valence-electron chi connectivity index (χ2n) is 4.92. The number of alkyl halides is 3. The number of nitriles is 1. The molecule has 1 fully saturated rings. The van der Waals surface area contributed by atoms with Crippen LogP contribution in [-0.2, 0) is 4.79 Å². The second kappa shape index (κ2) is 6.56. The van der Waals surface area contributed by atoms with Crippen molar-refractivity contribution in [2.75, 3.05) is 18.5 Å². The summed E-state index contributed by atoms with van der Waals surface area (Å²) < 4.78 is 40.9. The Labute approximate surface area is 125 Å². The van der Waals surface area contributed by atoms with Crippen molar-refractivity contribution in [1.82, 2.24) is 5.32 Å². The number of hydrogen-bond acceptors (Lipinski definition) is 4. The van der Waals surface area contributed by atoms with Gasteiger partial charge in [0.1, 0.15) is 11.8 Å². The molecule has 8 heteroatoms. The topological polar surface area (TPSA) is 74.2 Å². The summed E-state index contributed by atoms with van der Waals surface area (Å²) >= 11 is 0. The van der Waals surface area contributed by atoms with Gasteiger partial charge in [-0.2, -0.15) is 18.4 Å². The number of amides is 1. The van der Waals surface area contributed by atoms with E-state index in [1.807, 2.05) is 0 Å². The molecule has 1 amide bonds. The van der Waals surface area contributed by atoms with Crippen LogP contribution in [0.3, 0.4) is 0 Å². The van der Waals surface area contributed by atoms with Crippen molar-refractivity contribution in [2.24, 2.45) is 0 Å². The lowest BCUT2D eigenvalue weighted by atomic mass is 10.2. The molecule has 0 aliphatic heterocycles. The summed E-state index contributed by atoms with van der Waals surface area (Å²) in [6.07, 6.45) is -2.50. The Hall–Kier alpha value is -2.43. The number of rotatable bonds is 6. The van der Waals surface area contributed by atoms with Crippen LogP contribution in [-0.4, -0.2) is 31.3 Å². The zero-order valence-electron chi connectivity index (χ0n) is 11.5. The number of carbonyl (C=O) groups excluding carboxylic acids is 1. The van der Waals surface area contributed by atoms with E-state index in [9.17, 15) is 18.0 Å². The first kappa shape index (κ1) is 15.9. The third kappa shape index (κ3) is 5.16. The van der Waals surface area contributed by atoms with Crippen molar-refractivity contribution in [3.05, 3.63) is 23.8 Å². The van der Waals surface area contributed by atoms with Crippen LogP contribution >= 0.6 is 0 Å². The van der Waals surface area contributed by atoms with Crippen molar-refractivity contribution < 1.29 is 22.7 Å². The van der Waals surface area contributed by atoms with Gasteiger partial charge in [-0.25, -0.2) is 0 Å². The van der Waals surface area contributed by atoms with Crippen LogP contribution in [0.1, 0.15) is 18.4 Å². The fourth-order valence-electron chi connectivity index (χ4n) is 1.70. The van der Waals surface area contributed by atoms with Crippen LogP contribution in [0, 0.1) is 11.3 Å². The van der Waals surface area contributed by atoms with Gasteiger partial charge in [-0.1, -0.05) is 0 Å². The van der Waals surface area contributed by atoms with Crippen molar-refractivity contribution in [3.63, 3.8) is 0 Å². The lowest BCUT2D eigenvalue weighted by molar-refractivity contribution is -0.153. The Morgan fingerprint density at radius 2 is 2.14 bits per heavy atom. The minimum Gasteiger partial charge on any atom is -0.483 e. The molecule has 0 bridgehead atoms. The minimum absolute atomic E-state index is 0.0307. The molecule has 1 aliphatic rings. The van der Waals surface area contributed by atoms with E-state index < -0.39 is 12.8 Å². The largest absolute Gasteiger partial charge is 0.483 e. The van der Waals surface area contributed by atoms with E-state index in [4.69, 9.17) is 5.26 Å². The van der Waals surface area contributed by atoms with E-state index in [1.54, 1.807) is 6.07 Å². The Morgan fingerprint density at radius 3 is 2.73 bits per heavy atom. The van der Waals surface area contributed by atoms with Crippen LogP contribution in [0.5, 0.6) is 5.75 Å². The van der Waals surface area contributed by atoms with Crippen LogP contribution in [0.4, 0.5) is 18.9 Å². The molecule has 0 atom stereocenters. The highest BCUT2D eigenvalue weighted by molar-refractivity contribution is 5.81. The standard InChI is InChI=1S/C14H14F3N3O2/c15-14(16,17)8-22-12-4-3-11(5-9(12)6-18)19-7-13(21)20-10-1-2-10/h3-5,10,19H,1-2,7-8H2,(H,20,21). The molecule has 5 nitrogen and oxygen atoms in total. The number of nitrogens with zero attached hydrogens (tertiary/aromatic N) is 1. The van der Waals surface area contributed by atoms with Crippen molar-refractivity contribution in [2.45, 2.75) is 25.1 Å². The van der Waals surface area contributed by atoms with Gasteiger partial charge in [0.2, 0.25) is 5.91 Å². The van der Waals surface area contributed by atoms with Crippen LogP contribution in [0.2, 0.25) is 0 Å². The van der Waals surface area contributed by atoms with E-state index >= 15 is 0 Å². The van der Waals surface area contributed by atoms with E-state index in [0.29, 0.717) is 5.69 Å². The normalized spacial score (nSPS) is 14.1. The third-order valence-corrected chi connectivity index (χ3v) is 2.89. The average Bonchev–Trinajstić information content (AvgIpc) is 3.26. The zero-order chi connectivity index (χ0) is 16.2. The fourth-order valence-corrected chi connectivity index (χ4v) is 1.70. The molecule has 0 radical (unpaired) electrons. The second-order valence-corrected chi connectivity index (χ2v) is 4.92. The van der Waals surface area contributed by atoms with E-state index in [2.05, 4.69) is 15.4 Å². The summed E-state index contributed by atoms with van der Waals surface area (Å²) in [5, 5.41) is 14.6. The summed E-state index contributed by atoms with van der Waals surface area (Å²) in [5.74, 6) is -0.314. The number of hydrogen-bond donors (Lipinski definition) is 2. The molecule has 2 rings (SSSR count). The van der Waals surface area contributed by atoms with Gasteiger partial charge < -0.3 is 15.4 Å². The van der Waals surface area contributed by atoms with E-state index in [1.165, 1.54) is 18.2 Å². The highest BCUT2D eigenvalue weighted by Crippen LogP contribution is 2.24. The summed E-state index contributed by atoms with van der Waals surface area (Å²) in [5.41, 5.74) is 0.429. The third-order valence-electron chi connectivity index (χ3n) is 2.89. The first-order chi connectivity index (χ1) is 10.4. The number of carbonyl (C=O) groups is 1. The highest BCUT2D eigenvalue weighted by atomic mass is 19.4. The molecule has 0 saturated heterocycles. The van der Waals surface area contributed by atoms with E-state index in [-0.39, 0.29) is 29.8 Å². The molecule has 1 aromatic rings. The monoisotopic (exact) mass is 313 g/mol. The zero-order valence-corrected chi connectivity index (χ0v) is 11.5. The molecular weight excluding hydrogens is 299 g/mol. The maximum Gasteiger partial charge on any atom is 0.422 e. The van der Waals surface area contributed by atoms with Gasteiger partial charge in [0, 0.05) is 11.7 Å². The molecule has 0 unspecified atom stereocenters. The Bertz CT molecular complexity index is 592. The van der Waals surface area contributed by atoms with Crippen molar-refractivity contribution >= 4 is 11.6 Å². The molecule has 118 valence electrons. The van der Waals surface area contributed by atoms with Crippen LogP contribution in [0.15, 0.2) is 18.2 Å². The molecule has 1 aliphatic carbocycles. The van der Waals surface area contributed by atoms with Crippen LogP contribution < -0.4 is 15.4 Å². The first-order valence-corrected chi connectivity index (χ1v) is 6.64. The Kier molecular flexibility index (Phi) is 4.75. The summed E-state index contributed by atoms with van der Waals surface area (Å²) in [6.45, 7) is -1.43. The lowest BCUT2D eigenvalue weighted by Crippen LogP contribution is -2.31. The number of anilines is 1. The summed E-state index contributed by atoms with van der Waals surface area (Å²) in [7, 11) is 0. The number of ether oxygens (including phenoxy) is 1. The van der Waals surface area contributed by atoms with Gasteiger partial charge in [-0.05, 0) is 31.0 Å². The van der Waals surface area contributed by atoms with Gasteiger partial charge in [-0.15, -0.1) is 0 Å². The van der Waals surface area contributed by atoms with Gasteiger partial charge in [0.05, 0.1) is 12.1 Å². The predicted molar refractivity (Wildman–Crippen MR) is 72.4 cm³/mol. The molecular formula is C14H14F3N3O2.